The normalized spacial score (nSPS) is 28.9. The molecule has 102 valence electrons. The van der Waals surface area contributed by atoms with E-state index >= 15 is 0 Å². The van der Waals surface area contributed by atoms with Crippen molar-refractivity contribution in [2.75, 3.05) is 13.6 Å². The monoisotopic (exact) mass is 240 g/mol. The summed E-state index contributed by atoms with van der Waals surface area (Å²) in [7, 11) is 2.29. The van der Waals surface area contributed by atoms with Crippen molar-refractivity contribution < 1.29 is 0 Å². The van der Waals surface area contributed by atoms with E-state index in [1.807, 2.05) is 0 Å². The van der Waals surface area contributed by atoms with Gasteiger partial charge in [0.15, 0.2) is 0 Å². The first-order valence-corrected chi connectivity index (χ1v) is 7.35. The van der Waals surface area contributed by atoms with Gasteiger partial charge in [0, 0.05) is 18.1 Å². The summed E-state index contributed by atoms with van der Waals surface area (Å²) < 4.78 is 0. The smallest absolute Gasteiger partial charge is 0.0274 e. The van der Waals surface area contributed by atoms with Crippen LogP contribution < -0.4 is 5.32 Å². The van der Waals surface area contributed by atoms with Gasteiger partial charge in [0.25, 0.3) is 0 Å². The van der Waals surface area contributed by atoms with Crippen LogP contribution in [0.3, 0.4) is 0 Å². The van der Waals surface area contributed by atoms with Crippen molar-refractivity contribution in [1.82, 2.24) is 10.2 Å². The van der Waals surface area contributed by atoms with Crippen LogP contribution in [-0.4, -0.2) is 36.6 Å². The van der Waals surface area contributed by atoms with Gasteiger partial charge in [-0.25, -0.2) is 0 Å². The van der Waals surface area contributed by atoms with Crippen LogP contribution >= 0.6 is 0 Å². The van der Waals surface area contributed by atoms with E-state index in [9.17, 15) is 0 Å². The van der Waals surface area contributed by atoms with Gasteiger partial charge in [-0.15, -0.1) is 0 Å². The molecule has 1 saturated carbocycles. The molecule has 0 aromatic heterocycles. The van der Waals surface area contributed by atoms with Crippen LogP contribution in [0.2, 0.25) is 0 Å². The fourth-order valence-corrected chi connectivity index (χ4v) is 3.14. The fraction of sp³-hybridized carbons (Fsp3) is 1.00. The maximum Gasteiger partial charge on any atom is 0.0274 e. The Balaban J connectivity index is 2.77. The zero-order chi connectivity index (χ0) is 13.1. The van der Waals surface area contributed by atoms with E-state index in [2.05, 4.69) is 51.9 Å². The third kappa shape index (κ3) is 3.69. The Labute approximate surface area is 108 Å². The van der Waals surface area contributed by atoms with Crippen LogP contribution in [0.1, 0.15) is 60.3 Å². The van der Waals surface area contributed by atoms with Crippen LogP contribution in [0.15, 0.2) is 0 Å². The summed E-state index contributed by atoms with van der Waals surface area (Å²) in [6.45, 7) is 12.9. The molecule has 17 heavy (non-hydrogen) atoms. The van der Waals surface area contributed by atoms with Crippen molar-refractivity contribution in [3.63, 3.8) is 0 Å². The Morgan fingerprint density at radius 1 is 1.35 bits per heavy atom. The van der Waals surface area contributed by atoms with Gasteiger partial charge in [0.2, 0.25) is 0 Å². The molecular weight excluding hydrogens is 208 g/mol. The van der Waals surface area contributed by atoms with Crippen LogP contribution in [0.25, 0.3) is 0 Å². The maximum atomic E-state index is 3.81. The van der Waals surface area contributed by atoms with Crippen molar-refractivity contribution >= 4 is 0 Å². The summed E-state index contributed by atoms with van der Waals surface area (Å²) in [6.07, 6.45) is 5.31. The van der Waals surface area contributed by atoms with Gasteiger partial charge in [-0.05, 0) is 52.1 Å². The molecule has 0 aromatic carbocycles. The molecule has 2 heteroatoms. The zero-order valence-corrected chi connectivity index (χ0v) is 12.7. The average molecular weight is 240 g/mol. The quantitative estimate of drug-likeness (QED) is 0.793. The minimum atomic E-state index is 0.432. The highest BCUT2D eigenvalue weighted by atomic mass is 15.2. The number of hydrogen-bond acceptors (Lipinski definition) is 2. The molecule has 0 aliphatic heterocycles. The van der Waals surface area contributed by atoms with Crippen molar-refractivity contribution in [1.29, 1.82) is 0 Å². The molecule has 0 spiro atoms. The largest absolute Gasteiger partial charge is 0.312 e. The van der Waals surface area contributed by atoms with Crippen molar-refractivity contribution in [3.05, 3.63) is 0 Å². The SMILES string of the molecule is CCCNC1C(N(C)C(C)C)CCCC1(C)C. The van der Waals surface area contributed by atoms with Crippen molar-refractivity contribution in [3.8, 4) is 0 Å². The van der Waals surface area contributed by atoms with Gasteiger partial charge in [-0.3, -0.25) is 4.90 Å². The highest BCUT2D eigenvalue weighted by Gasteiger charge is 2.40. The predicted molar refractivity (Wildman–Crippen MR) is 76.4 cm³/mol. The lowest BCUT2D eigenvalue weighted by molar-refractivity contribution is 0.0476. The Hall–Kier alpha value is -0.0800. The summed E-state index contributed by atoms with van der Waals surface area (Å²) in [6, 6.07) is 1.98. The molecule has 1 N–H and O–H groups in total. The molecule has 1 rings (SSSR count). The van der Waals surface area contributed by atoms with E-state index in [0.717, 1.165) is 6.54 Å². The van der Waals surface area contributed by atoms with Gasteiger partial charge in [0.1, 0.15) is 0 Å². The lowest BCUT2D eigenvalue weighted by Crippen LogP contribution is -2.59. The first-order chi connectivity index (χ1) is 7.90. The van der Waals surface area contributed by atoms with E-state index in [1.165, 1.54) is 25.7 Å². The molecule has 2 atom stereocenters. The van der Waals surface area contributed by atoms with E-state index in [4.69, 9.17) is 0 Å². The van der Waals surface area contributed by atoms with E-state index in [0.29, 0.717) is 23.5 Å². The maximum absolute atomic E-state index is 3.81. The Morgan fingerprint density at radius 2 is 2.00 bits per heavy atom. The van der Waals surface area contributed by atoms with Crippen LogP contribution in [-0.2, 0) is 0 Å². The number of nitrogens with one attached hydrogen (secondary N) is 1. The average Bonchev–Trinajstić information content (AvgIpc) is 2.25. The molecule has 0 saturated heterocycles. The molecule has 0 radical (unpaired) electrons. The lowest BCUT2D eigenvalue weighted by atomic mass is 9.70. The molecule has 1 fully saturated rings. The second kappa shape index (κ2) is 6.19. The molecule has 2 nitrogen and oxygen atoms in total. The molecule has 0 amide bonds. The van der Waals surface area contributed by atoms with E-state index in [-0.39, 0.29) is 0 Å². The summed E-state index contributed by atoms with van der Waals surface area (Å²) in [5, 5.41) is 3.81. The molecule has 1 aliphatic rings. The summed E-state index contributed by atoms with van der Waals surface area (Å²) in [5.74, 6) is 0. The Morgan fingerprint density at radius 3 is 2.53 bits per heavy atom. The summed E-state index contributed by atoms with van der Waals surface area (Å²) in [4.78, 5) is 2.56. The molecule has 0 heterocycles. The lowest BCUT2D eigenvalue weighted by Gasteiger charge is -2.49. The Kier molecular flexibility index (Phi) is 5.46. The number of rotatable bonds is 5. The third-order valence-electron chi connectivity index (χ3n) is 4.50. The van der Waals surface area contributed by atoms with E-state index < -0.39 is 0 Å². The highest BCUT2D eigenvalue weighted by molar-refractivity contribution is 4.98. The predicted octanol–water partition coefficient (Wildman–Crippen LogP) is 3.27. The van der Waals surface area contributed by atoms with Crippen molar-refractivity contribution in [2.24, 2.45) is 5.41 Å². The van der Waals surface area contributed by atoms with Crippen molar-refractivity contribution in [2.45, 2.75) is 78.4 Å². The van der Waals surface area contributed by atoms with Gasteiger partial charge >= 0.3 is 0 Å². The zero-order valence-electron chi connectivity index (χ0n) is 12.7. The molecule has 0 aromatic rings. The standard InChI is InChI=1S/C15H32N2/c1-7-11-16-14-13(17(6)12(2)3)9-8-10-15(14,4)5/h12-14,16H,7-11H2,1-6H3. The topological polar surface area (TPSA) is 15.3 Å². The van der Waals surface area contributed by atoms with Gasteiger partial charge in [-0.1, -0.05) is 27.2 Å². The molecular formula is C15H32N2. The summed E-state index contributed by atoms with van der Waals surface area (Å²) in [5.41, 5.74) is 0.432. The number of likely N-dealkylation sites (N-methyl/N-ethyl adjacent to an activating group) is 1. The van der Waals surface area contributed by atoms with Gasteiger partial charge < -0.3 is 5.32 Å². The third-order valence-corrected chi connectivity index (χ3v) is 4.50. The van der Waals surface area contributed by atoms with Gasteiger partial charge in [0.05, 0.1) is 0 Å². The second-order valence-electron chi connectivity index (χ2n) is 6.64. The molecule has 2 unspecified atom stereocenters. The van der Waals surface area contributed by atoms with Crippen LogP contribution in [0.5, 0.6) is 0 Å². The number of hydrogen-bond donors (Lipinski definition) is 1. The van der Waals surface area contributed by atoms with Gasteiger partial charge in [-0.2, -0.15) is 0 Å². The first kappa shape index (κ1) is 15.0. The van der Waals surface area contributed by atoms with E-state index in [1.54, 1.807) is 0 Å². The summed E-state index contributed by atoms with van der Waals surface area (Å²) >= 11 is 0. The second-order valence-corrected chi connectivity index (χ2v) is 6.64. The highest BCUT2D eigenvalue weighted by Crippen LogP contribution is 2.37. The minimum Gasteiger partial charge on any atom is -0.312 e. The molecule has 1 aliphatic carbocycles. The first-order valence-electron chi connectivity index (χ1n) is 7.35. The number of nitrogens with zero attached hydrogens (tertiary/aromatic N) is 1. The fourth-order valence-electron chi connectivity index (χ4n) is 3.14. The van der Waals surface area contributed by atoms with Crippen LogP contribution in [0.4, 0.5) is 0 Å². The molecule has 0 bridgehead atoms. The minimum absolute atomic E-state index is 0.432. The van der Waals surface area contributed by atoms with Crippen LogP contribution in [0, 0.1) is 5.41 Å². The Bertz CT molecular complexity index is 223.